The second-order valence-corrected chi connectivity index (χ2v) is 6.30. The number of hydrogen-bond donors (Lipinski definition) is 1. The van der Waals surface area contributed by atoms with Gasteiger partial charge in [0, 0.05) is 18.6 Å². The van der Waals surface area contributed by atoms with Gasteiger partial charge in [-0.05, 0) is 44.7 Å². The summed E-state index contributed by atoms with van der Waals surface area (Å²) in [5.41, 5.74) is 0.364. The van der Waals surface area contributed by atoms with Crippen molar-refractivity contribution in [1.29, 1.82) is 0 Å². The van der Waals surface area contributed by atoms with E-state index >= 15 is 0 Å². The van der Waals surface area contributed by atoms with E-state index in [4.69, 9.17) is 0 Å². The third-order valence-electron chi connectivity index (χ3n) is 4.09. The van der Waals surface area contributed by atoms with Gasteiger partial charge >= 0.3 is 0 Å². The Kier molecular flexibility index (Phi) is 5.26. The van der Waals surface area contributed by atoms with Gasteiger partial charge in [0.25, 0.3) is 0 Å². The van der Waals surface area contributed by atoms with E-state index in [1.807, 2.05) is 0 Å². The van der Waals surface area contributed by atoms with E-state index in [0.29, 0.717) is 11.5 Å². The molecule has 1 N–H and O–H groups in total. The first-order valence-corrected chi connectivity index (χ1v) is 6.92. The number of nitrogens with zero attached hydrogens (tertiary/aromatic N) is 1. The minimum atomic E-state index is 0.364. The van der Waals surface area contributed by atoms with E-state index in [-0.39, 0.29) is 0 Å². The Bertz CT molecular complexity index is 189. The molecule has 2 nitrogen and oxygen atoms in total. The van der Waals surface area contributed by atoms with E-state index in [2.05, 4.69) is 44.8 Å². The van der Waals surface area contributed by atoms with Crippen LogP contribution in [0, 0.1) is 5.41 Å². The maximum atomic E-state index is 3.71. The molecule has 1 saturated heterocycles. The lowest BCUT2D eigenvalue weighted by Crippen LogP contribution is -2.46. The summed E-state index contributed by atoms with van der Waals surface area (Å²) in [4.78, 5) is 2.66. The summed E-state index contributed by atoms with van der Waals surface area (Å²) in [7, 11) is 0. The van der Waals surface area contributed by atoms with Gasteiger partial charge in [0.15, 0.2) is 0 Å². The van der Waals surface area contributed by atoms with Gasteiger partial charge in [-0.15, -0.1) is 0 Å². The topological polar surface area (TPSA) is 15.3 Å². The fraction of sp³-hybridized carbons (Fsp3) is 1.00. The van der Waals surface area contributed by atoms with Crippen molar-refractivity contribution in [3.8, 4) is 0 Å². The summed E-state index contributed by atoms with van der Waals surface area (Å²) in [5.74, 6) is 0. The van der Waals surface area contributed by atoms with Crippen LogP contribution in [0.5, 0.6) is 0 Å². The highest BCUT2D eigenvalue weighted by atomic mass is 15.2. The van der Waals surface area contributed by atoms with Crippen LogP contribution in [0.2, 0.25) is 0 Å². The molecule has 0 aromatic heterocycles. The quantitative estimate of drug-likeness (QED) is 0.775. The van der Waals surface area contributed by atoms with E-state index in [1.165, 1.54) is 32.4 Å². The van der Waals surface area contributed by atoms with E-state index in [0.717, 1.165) is 12.6 Å². The largest absolute Gasteiger partial charge is 0.312 e. The first kappa shape index (κ1) is 14.0. The van der Waals surface area contributed by atoms with E-state index < -0.39 is 0 Å². The predicted octanol–water partition coefficient (Wildman–Crippen LogP) is 2.89. The van der Waals surface area contributed by atoms with Crippen LogP contribution in [-0.2, 0) is 0 Å². The zero-order chi connectivity index (χ0) is 12.2. The first-order valence-electron chi connectivity index (χ1n) is 6.92. The summed E-state index contributed by atoms with van der Waals surface area (Å²) in [6.07, 6.45) is 4.06. The molecular formula is C14H30N2. The van der Waals surface area contributed by atoms with Crippen molar-refractivity contribution in [3.05, 3.63) is 0 Å². The SMILES string of the molecule is CCC(CNC(C)C(C)(C)C)N1CCCC1. The molecule has 0 aromatic carbocycles. The van der Waals surface area contributed by atoms with Gasteiger partial charge in [-0.3, -0.25) is 4.90 Å². The smallest absolute Gasteiger partial charge is 0.0218 e. The molecule has 96 valence electrons. The third-order valence-corrected chi connectivity index (χ3v) is 4.09. The lowest BCUT2D eigenvalue weighted by molar-refractivity contribution is 0.204. The standard InChI is InChI=1S/C14H30N2/c1-6-13(16-9-7-8-10-16)11-15-12(2)14(3,4)5/h12-13,15H,6-11H2,1-5H3. The van der Waals surface area contributed by atoms with E-state index in [9.17, 15) is 0 Å². The van der Waals surface area contributed by atoms with Crippen LogP contribution in [0.15, 0.2) is 0 Å². The Morgan fingerprint density at radius 2 is 1.75 bits per heavy atom. The highest BCUT2D eigenvalue weighted by molar-refractivity contribution is 4.81. The molecule has 0 bridgehead atoms. The molecule has 1 aliphatic rings. The van der Waals surface area contributed by atoms with Crippen molar-refractivity contribution in [2.75, 3.05) is 19.6 Å². The third kappa shape index (κ3) is 4.06. The number of hydrogen-bond acceptors (Lipinski definition) is 2. The molecule has 16 heavy (non-hydrogen) atoms. The molecule has 1 fully saturated rings. The fourth-order valence-electron chi connectivity index (χ4n) is 2.26. The van der Waals surface area contributed by atoms with Gasteiger partial charge in [0.1, 0.15) is 0 Å². The highest BCUT2D eigenvalue weighted by Gasteiger charge is 2.23. The van der Waals surface area contributed by atoms with Crippen LogP contribution in [-0.4, -0.2) is 36.6 Å². The van der Waals surface area contributed by atoms with Crippen LogP contribution in [0.3, 0.4) is 0 Å². The molecule has 2 atom stereocenters. The molecule has 0 radical (unpaired) electrons. The number of nitrogens with one attached hydrogen (secondary N) is 1. The van der Waals surface area contributed by atoms with Crippen molar-refractivity contribution in [1.82, 2.24) is 10.2 Å². The Labute approximate surface area is 102 Å². The van der Waals surface area contributed by atoms with Gasteiger partial charge < -0.3 is 5.32 Å². The van der Waals surface area contributed by atoms with Crippen LogP contribution >= 0.6 is 0 Å². The molecule has 0 aliphatic carbocycles. The zero-order valence-corrected chi connectivity index (χ0v) is 11.8. The molecular weight excluding hydrogens is 196 g/mol. The second kappa shape index (κ2) is 6.02. The summed E-state index contributed by atoms with van der Waals surface area (Å²) < 4.78 is 0. The van der Waals surface area contributed by atoms with Gasteiger partial charge in [-0.1, -0.05) is 27.7 Å². The van der Waals surface area contributed by atoms with Crippen molar-refractivity contribution < 1.29 is 0 Å². The minimum Gasteiger partial charge on any atom is -0.312 e. The van der Waals surface area contributed by atoms with Crippen molar-refractivity contribution >= 4 is 0 Å². The van der Waals surface area contributed by atoms with Crippen LogP contribution in [0.25, 0.3) is 0 Å². The fourth-order valence-corrected chi connectivity index (χ4v) is 2.26. The predicted molar refractivity (Wildman–Crippen MR) is 71.8 cm³/mol. The lowest BCUT2D eigenvalue weighted by Gasteiger charge is -2.32. The number of rotatable bonds is 5. The van der Waals surface area contributed by atoms with Gasteiger partial charge in [0.2, 0.25) is 0 Å². The van der Waals surface area contributed by atoms with Crippen molar-refractivity contribution in [3.63, 3.8) is 0 Å². The Balaban J connectivity index is 2.33. The average Bonchev–Trinajstić information content (AvgIpc) is 2.70. The average molecular weight is 226 g/mol. The van der Waals surface area contributed by atoms with Crippen molar-refractivity contribution in [2.24, 2.45) is 5.41 Å². The summed E-state index contributed by atoms with van der Waals surface area (Å²) in [6, 6.07) is 1.33. The second-order valence-electron chi connectivity index (χ2n) is 6.30. The summed E-state index contributed by atoms with van der Waals surface area (Å²) in [5, 5.41) is 3.71. The van der Waals surface area contributed by atoms with Gasteiger partial charge in [-0.2, -0.15) is 0 Å². The summed E-state index contributed by atoms with van der Waals surface area (Å²) in [6.45, 7) is 15.3. The molecule has 0 amide bonds. The van der Waals surface area contributed by atoms with Gasteiger partial charge in [-0.25, -0.2) is 0 Å². The van der Waals surface area contributed by atoms with Crippen molar-refractivity contribution in [2.45, 2.75) is 66.0 Å². The lowest BCUT2D eigenvalue weighted by atomic mass is 9.88. The summed E-state index contributed by atoms with van der Waals surface area (Å²) >= 11 is 0. The molecule has 1 aliphatic heterocycles. The maximum absolute atomic E-state index is 3.71. The molecule has 2 unspecified atom stereocenters. The van der Waals surface area contributed by atoms with Crippen LogP contribution in [0.1, 0.15) is 53.9 Å². The maximum Gasteiger partial charge on any atom is 0.0218 e. The molecule has 0 aromatic rings. The first-order chi connectivity index (χ1) is 7.45. The van der Waals surface area contributed by atoms with Crippen LogP contribution in [0.4, 0.5) is 0 Å². The Morgan fingerprint density at radius 1 is 1.19 bits per heavy atom. The molecule has 2 heteroatoms. The molecule has 1 heterocycles. The minimum absolute atomic E-state index is 0.364. The molecule has 0 spiro atoms. The molecule has 0 saturated carbocycles. The van der Waals surface area contributed by atoms with Crippen LogP contribution < -0.4 is 5.32 Å². The monoisotopic (exact) mass is 226 g/mol. The Morgan fingerprint density at radius 3 is 2.19 bits per heavy atom. The Hall–Kier alpha value is -0.0800. The highest BCUT2D eigenvalue weighted by Crippen LogP contribution is 2.19. The normalized spacial score (nSPS) is 22.3. The van der Waals surface area contributed by atoms with Gasteiger partial charge in [0.05, 0.1) is 0 Å². The number of likely N-dealkylation sites (tertiary alicyclic amines) is 1. The zero-order valence-electron chi connectivity index (χ0n) is 11.8. The molecule has 1 rings (SSSR count). The van der Waals surface area contributed by atoms with E-state index in [1.54, 1.807) is 0 Å².